The zero-order valence-electron chi connectivity index (χ0n) is 35.0. The highest BCUT2D eigenvalue weighted by Gasteiger charge is 2.66. The number of carbonyl (C=O) groups is 2. The summed E-state index contributed by atoms with van der Waals surface area (Å²) in [5.74, 6) is -1.87. The fraction of sp³-hybridized carbons (Fsp3) is 0.578. The second-order valence-electron chi connectivity index (χ2n) is 16.0. The fourth-order valence-electron chi connectivity index (χ4n) is 9.21. The first-order chi connectivity index (χ1) is 29.7. The Morgan fingerprint density at radius 3 is 2.48 bits per heavy atom. The summed E-state index contributed by atoms with van der Waals surface area (Å²) < 4.78 is 25.8. The SMILES string of the molecule is C=CCOC12Oc3ccc(OC(=O)NCC)cc3C3C(CCCCO)C(CCCCO)C=C(C(=NOCc4ccc([N+](=O)[O-])cc4)CC1N(CCOCCO)C(=O)C1CC1)C32. The van der Waals surface area contributed by atoms with Crippen molar-refractivity contribution >= 4 is 23.4 Å². The summed E-state index contributed by atoms with van der Waals surface area (Å²) in [6.07, 6.45) is 9.13. The van der Waals surface area contributed by atoms with Crippen molar-refractivity contribution in [2.75, 3.05) is 52.7 Å². The van der Waals surface area contributed by atoms with Crippen molar-refractivity contribution in [3.05, 3.63) is 88.0 Å². The highest BCUT2D eigenvalue weighted by Crippen LogP contribution is 2.62. The molecule has 0 spiro atoms. The highest BCUT2D eigenvalue weighted by molar-refractivity contribution is 6.03. The van der Waals surface area contributed by atoms with E-state index in [1.807, 2.05) is 6.07 Å². The topological polar surface area (TPSA) is 212 Å². The van der Waals surface area contributed by atoms with Crippen LogP contribution < -0.4 is 14.8 Å². The van der Waals surface area contributed by atoms with Crippen LogP contribution in [-0.2, 0) is 25.7 Å². The van der Waals surface area contributed by atoms with Gasteiger partial charge >= 0.3 is 6.09 Å². The first-order valence-electron chi connectivity index (χ1n) is 21.6. The molecule has 2 fully saturated rings. The Balaban J connectivity index is 1.55. The van der Waals surface area contributed by atoms with E-state index in [1.165, 1.54) is 12.1 Å². The number of unbranched alkanes of at least 4 members (excludes halogenated alkanes) is 2. The molecule has 4 N–H and O–H groups in total. The summed E-state index contributed by atoms with van der Waals surface area (Å²) in [7, 11) is 0. The van der Waals surface area contributed by atoms with E-state index in [0.717, 1.165) is 49.7 Å². The molecule has 3 aliphatic carbocycles. The minimum Gasteiger partial charge on any atom is -0.459 e. The lowest BCUT2D eigenvalue weighted by molar-refractivity contribution is -0.384. The third-order valence-electron chi connectivity index (χ3n) is 12.0. The van der Waals surface area contributed by atoms with Crippen LogP contribution in [0.15, 0.2) is 71.9 Å². The van der Waals surface area contributed by atoms with Crippen molar-refractivity contribution in [3.63, 3.8) is 0 Å². The van der Waals surface area contributed by atoms with Gasteiger partial charge in [-0.05, 0) is 98.8 Å². The molecule has 0 saturated heterocycles. The summed E-state index contributed by atoms with van der Waals surface area (Å²) in [4.78, 5) is 46.0. The van der Waals surface area contributed by atoms with Gasteiger partial charge < -0.3 is 49.3 Å². The van der Waals surface area contributed by atoms with Crippen LogP contribution in [0, 0.1) is 33.8 Å². The van der Waals surface area contributed by atoms with Crippen LogP contribution in [0.3, 0.4) is 0 Å². The number of nitrogens with zero attached hydrogens (tertiary/aromatic N) is 3. The van der Waals surface area contributed by atoms with Crippen LogP contribution in [0.25, 0.3) is 0 Å². The van der Waals surface area contributed by atoms with Crippen molar-refractivity contribution in [1.29, 1.82) is 0 Å². The van der Waals surface area contributed by atoms with E-state index < -0.39 is 28.8 Å². The molecule has 6 unspecified atom stereocenters. The molecular formula is C45H60N4O12. The number of allylic oxidation sites excluding steroid dienone is 1. The summed E-state index contributed by atoms with van der Waals surface area (Å²) in [6, 6.07) is 10.6. The van der Waals surface area contributed by atoms with E-state index in [-0.39, 0.29) is 94.5 Å². The molecule has 1 heterocycles. The first kappa shape index (κ1) is 45.7. The van der Waals surface area contributed by atoms with Gasteiger partial charge in [0.1, 0.15) is 24.1 Å². The van der Waals surface area contributed by atoms with Crippen molar-refractivity contribution in [1.82, 2.24) is 10.2 Å². The van der Waals surface area contributed by atoms with Gasteiger partial charge in [-0.3, -0.25) is 14.9 Å². The molecule has 1 aliphatic heterocycles. The van der Waals surface area contributed by atoms with Gasteiger partial charge in [-0.1, -0.05) is 30.1 Å². The molecule has 0 radical (unpaired) electrons. The number of nitrogens with one attached hydrogen (secondary N) is 1. The van der Waals surface area contributed by atoms with Crippen LogP contribution in [-0.4, -0.2) is 107 Å². The molecule has 2 aromatic rings. The van der Waals surface area contributed by atoms with Crippen molar-refractivity contribution < 1.29 is 53.6 Å². The number of non-ortho nitro benzene ring substituents is 1. The molecule has 0 aromatic heterocycles. The number of amides is 2. The van der Waals surface area contributed by atoms with E-state index in [4.69, 9.17) is 28.9 Å². The number of aliphatic hydroxyl groups excluding tert-OH is 3. The van der Waals surface area contributed by atoms with Crippen LogP contribution in [0.2, 0.25) is 0 Å². The van der Waals surface area contributed by atoms with E-state index in [0.29, 0.717) is 42.2 Å². The standard InChI is InChI=1S/C45H60N4O12/c1-3-23-58-45-40(48(19-24-57-25-22-52)43(53)31-13-14-31)28-38(47-59-29-30-11-15-33(16-12-30)49(55)56)36-26-32(9-5-7-20-50)35(10-6-8-21-51)41(42(36)45)37-27-34(17-18-39(37)61-45)60-44(54)46-4-2/h3,11-12,15-18,26-27,31-32,35,40-42,50-52H,1,4-10,13-14,19-25,28-29H2,2H3,(H,46,54). The average molecular weight is 849 g/mol. The van der Waals surface area contributed by atoms with Crippen LogP contribution >= 0.6 is 0 Å². The van der Waals surface area contributed by atoms with Gasteiger partial charge in [-0.25, -0.2) is 4.79 Å². The lowest BCUT2D eigenvalue weighted by Crippen LogP contribution is -2.70. The summed E-state index contributed by atoms with van der Waals surface area (Å²) in [5, 5.41) is 48.1. The summed E-state index contributed by atoms with van der Waals surface area (Å²) in [6.45, 7) is 6.65. The van der Waals surface area contributed by atoms with E-state index in [2.05, 4.69) is 18.0 Å². The molecule has 2 amide bonds. The zero-order chi connectivity index (χ0) is 43.4. The van der Waals surface area contributed by atoms with E-state index in [1.54, 1.807) is 42.2 Å². The Morgan fingerprint density at radius 2 is 1.80 bits per heavy atom. The minimum absolute atomic E-state index is 0.0227. The van der Waals surface area contributed by atoms with E-state index in [9.17, 15) is 35.0 Å². The molecule has 6 rings (SSSR count). The molecule has 2 aromatic carbocycles. The predicted octanol–water partition coefficient (Wildman–Crippen LogP) is 5.78. The maximum Gasteiger partial charge on any atom is 0.412 e. The number of carbonyl (C=O) groups excluding carboxylic acids is 2. The third-order valence-corrected chi connectivity index (χ3v) is 12.0. The van der Waals surface area contributed by atoms with Gasteiger partial charge in [0, 0.05) is 62.3 Å². The number of fused-ring (bicyclic) bond motifs is 2. The quantitative estimate of drug-likeness (QED) is 0.0429. The summed E-state index contributed by atoms with van der Waals surface area (Å²) >= 11 is 0. The van der Waals surface area contributed by atoms with Crippen LogP contribution in [0.5, 0.6) is 11.5 Å². The number of rotatable bonds is 24. The Morgan fingerprint density at radius 1 is 1.05 bits per heavy atom. The Labute approximate surface area is 356 Å². The minimum atomic E-state index is -1.48. The molecule has 2 saturated carbocycles. The van der Waals surface area contributed by atoms with Crippen molar-refractivity contribution in [3.8, 4) is 11.5 Å². The maximum atomic E-state index is 14.5. The van der Waals surface area contributed by atoms with Gasteiger partial charge in [-0.2, -0.15) is 0 Å². The highest BCUT2D eigenvalue weighted by atomic mass is 16.7. The monoisotopic (exact) mass is 848 g/mol. The summed E-state index contributed by atoms with van der Waals surface area (Å²) in [5.41, 5.74) is 2.86. The molecule has 61 heavy (non-hydrogen) atoms. The number of ether oxygens (including phenoxy) is 4. The number of hydrogen-bond acceptors (Lipinski definition) is 13. The second kappa shape index (κ2) is 21.8. The number of oxime groups is 1. The largest absolute Gasteiger partial charge is 0.459 e. The van der Waals surface area contributed by atoms with Crippen molar-refractivity contribution in [2.24, 2.45) is 28.8 Å². The van der Waals surface area contributed by atoms with E-state index >= 15 is 0 Å². The van der Waals surface area contributed by atoms with Crippen LogP contribution in [0.1, 0.15) is 81.8 Å². The number of nitro groups is 1. The predicted molar refractivity (Wildman–Crippen MR) is 225 cm³/mol. The number of benzene rings is 2. The molecule has 16 heteroatoms. The number of nitro benzene ring substituents is 1. The molecule has 16 nitrogen and oxygen atoms in total. The van der Waals surface area contributed by atoms with Crippen molar-refractivity contribution in [2.45, 2.75) is 89.1 Å². The number of aliphatic hydroxyl groups is 3. The first-order valence-corrected chi connectivity index (χ1v) is 21.6. The maximum absolute atomic E-state index is 14.5. The van der Waals surface area contributed by atoms with Gasteiger partial charge in [0.2, 0.25) is 11.7 Å². The molecule has 0 bridgehead atoms. The second-order valence-corrected chi connectivity index (χ2v) is 16.0. The Hall–Kier alpha value is -4.87. The molecule has 4 aliphatic rings. The Kier molecular flexibility index (Phi) is 16.3. The van der Waals surface area contributed by atoms with Crippen LogP contribution in [0.4, 0.5) is 10.5 Å². The number of hydrogen-bond donors (Lipinski definition) is 4. The molecular weight excluding hydrogens is 789 g/mol. The smallest absolute Gasteiger partial charge is 0.412 e. The molecule has 332 valence electrons. The third kappa shape index (κ3) is 10.8. The Bertz CT molecular complexity index is 1880. The van der Waals surface area contributed by atoms with Gasteiger partial charge in [0.05, 0.1) is 43.0 Å². The lowest BCUT2D eigenvalue weighted by Gasteiger charge is -2.60. The van der Waals surface area contributed by atoms with Gasteiger partial charge in [-0.15, -0.1) is 6.58 Å². The average Bonchev–Trinajstić information content (AvgIpc) is 4.11. The van der Waals surface area contributed by atoms with Gasteiger partial charge in [0.25, 0.3) is 5.69 Å². The fourth-order valence-corrected chi connectivity index (χ4v) is 9.21. The normalized spacial score (nSPS) is 24.4. The van der Waals surface area contributed by atoms with Gasteiger partial charge in [0.15, 0.2) is 0 Å². The zero-order valence-corrected chi connectivity index (χ0v) is 35.0. The molecule has 6 atom stereocenters. The lowest BCUT2D eigenvalue weighted by atomic mass is 9.55.